The van der Waals surface area contributed by atoms with Crippen LogP contribution in [0.2, 0.25) is 0 Å². The molecule has 0 heterocycles. The highest BCUT2D eigenvalue weighted by atomic mass is 16.3. The van der Waals surface area contributed by atoms with Crippen molar-refractivity contribution in [3.8, 4) is 11.5 Å². The molecule has 1 aromatic carbocycles. The van der Waals surface area contributed by atoms with Crippen LogP contribution in [0.3, 0.4) is 0 Å². The molecule has 0 aliphatic rings. The van der Waals surface area contributed by atoms with Gasteiger partial charge in [-0.25, -0.2) is 0 Å². The van der Waals surface area contributed by atoms with E-state index in [1.165, 1.54) is 24.3 Å². The van der Waals surface area contributed by atoms with Crippen molar-refractivity contribution < 1.29 is 15.0 Å². The fourth-order valence-electron chi connectivity index (χ4n) is 1.07. The van der Waals surface area contributed by atoms with Crippen LogP contribution in [0.4, 0.5) is 0 Å². The van der Waals surface area contributed by atoms with Crippen LogP contribution in [-0.4, -0.2) is 16.5 Å². The van der Waals surface area contributed by atoms with Crippen LogP contribution in [-0.2, 0) is 4.79 Å². The van der Waals surface area contributed by atoms with Gasteiger partial charge in [0.2, 0.25) is 0 Å². The highest BCUT2D eigenvalue weighted by molar-refractivity contribution is 5.67. The lowest BCUT2D eigenvalue weighted by molar-refractivity contribution is -0.108. The van der Waals surface area contributed by atoms with E-state index in [2.05, 4.69) is 6.58 Å². The van der Waals surface area contributed by atoms with Crippen LogP contribution in [0.15, 0.2) is 30.9 Å². The predicted octanol–water partition coefficient (Wildman–Crippen LogP) is 1.57. The minimum atomic E-state index is -0.527. The Hall–Kier alpha value is -1.77. The Bertz CT molecular complexity index is 323. The first-order valence-electron chi connectivity index (χ1n) is 3.78. The van der Waals surface area contributed by atoms with Crippen molar-refractivity contribution >= 4 is 6.29 Å². The van der Waals surface area contributed by atoms with Crippen LogP contribution >= 0.6 is 0 Å². The van der Waals surface area contributed by atoms with E-state index in [1.54, 1.807) is 0 Å². The smallest absolute Gasteiger partial charge is 0.131 e. The molecule has 0 spiro atoms. The van der Waals surface area contributed by atoms with Gasteiger partial charge in [-0.1, -0.05) is 12.1 Å². The number of carbonyl (C=O) groups excluding carboxylic acids is 1. The average molecular weight is 178 g/mol. The van der Waals surface area contributed by atoms with Gasteiger partial charge in [0.15, 0.2) is 0 Å². The van der Waals surface area contributed by atoms with Crippen molar-refractivity contribution in [1.82, 2.24) is 0 Å². The Kier molecular flexibility index (Phi) is 2.69. The minimum Gasteiger partial charge on any atom is -0.508 e. The van der Waals surface area contributed by atoms with Gasteiger partial charge in [0.1, 0.15) is 17.8 Å². The number of phenols is 2. The number of rotatable bonds is 3. The summed E-state index contributed by atoms with van der Waals surface area (Å²) >= 11 is 0. The molecule has 0 aromatic heterocycles. The second kappa shape index (κ2) is 3.76. The van der Waals surface area contributed by atoms with Crippen LogP contribution in [0.25, 0.3) is 0 Å². The fraction of sp³-hybridized carbons (Fsp3) is 0.100. The molecule has 0 radical (unpaired) electrons. The van der Waals surface area contributed by atoms with E-state index in [1.807, 2.05) is 0 Å². The summed E-state index contributed by atoms with van der Waals surface area (Å²) in [5.74, 6) is -0.660. The molecule has 0 bridgehead atoms. The third-order valence-corrected chi connectivity index (χ3v) is 1.77. The second-order valence-electron chi connectivity index (χ2n) is 2.64. The topological polar surface area (TPSA) is 57.5 Å². The lowest BCUT2D eigenvalue weighted by Gasteiger charge is -2.07. The van der Waals surface area contributed by atoms with Gasteiger partial charge in [-0.15, -0.1) is 6.58 Å². The molecule has 1 unspecified atom stereocenters. The number of carbonyl (C=O) groups is 1. The van der Waals surface area contributed by atoms with Crippen molar-refractivity contribution in [1.29, 1.82) is 0 Å². The van der Waals surface area contributed by atoms with E-state index in [4.69, 9.17) is 5.11 Å². The number of benzene rings is 1. The maximum Gasteiger partial charge on any atom is 0.131 e. The predicted molar refractivity (Wildman–Crippen MR) is 48.8 cm³/mol. The summed E-state index contributed by atoms with van der Waals surface area (Å²) in [7, 11) is 0. The maximum absolute atomic E-state index is 10.5. The van der Waals surface area contributed by atoms with Crippen molar-refractivity contribution in [2.45, 2.75) is 5.92 Å². The molecule has 0 aliphatic carbocycles. The van der Waals surface area contributed by atoms with E-state index >= 15 is 0 Å². The normalized spacial score (nSPS) is 12.0. The Labute approximate surface area is 76.0 Å². The van der Waals surface area contributed by atoms with Gasteiger partial charge in [0, 0.05) is 11.6 Å². The van der Waals surface area contributed by atoms with Gasteiger partial charge in [0.05, 0.1) is 5.92 Å². The summed E-state index contributed by atoms with van der Waals surface area (Å²) < 4.78 is 0. The molecule has 0 fully saturated rings. The highest BCUT2D eigenvalue weighted by Gasteiger charge is 2.10. The Morgan fingerprint density at radius 2 is 2.08 bits per heavy atom. The van der Waals surface area contributed by atoms with Crippen molar-refractivity contribution in [2.75, 3.05) is 0 Å². The molecule has 13 heavy (non-hydrogen) atoms. The number of aldehydes is 1. The van der Waals surface area contributed by atoms with Crippen LogP contribution in [0.1, 0.15) is 11.5 Å². The standard InChI is InChI=1S/C10H10O3/c1-2-7(6-11)9-4-3-8(12)5-10(9)13/h2-7,12-13H,1H2. The summed E-state index contributed by atoms with van der Waals surface area (Å²) in [5, 5.41) is 18.3. The zero-order valence-electron chi connectivity index (χ0n) is 6.97. The lowest BCUT2D eigenvalue weighted by Crippen LogP contribution is -1.95. The molecule has 0 aliphatic heterocycles. The molecular weight excluding hydrogens is 168 g/mol. The third-order valence-electron chi connectivity index (χ3n) is 1.77. The van der Waals surface area contributed by atoms with Gasteiger partial charge >= 0.3 is 0 Å². The van der Waals surface area contributed by atoms with E-state index in [0.29, 0.717) is 11.8 Å². The van der Waals surface area contributed by atoms with E-state index in [0.717, 1.165) is 0 Å². The Morgan fingerprint density at radius 1 is 1.38 bits per heavy atom. The zero-order valence-corrected chi connectivity index (χ0v) is 6.97. The molecule has 1 rings (SSSR count). The highest BCUT2D eigenvalue weighted by Crippen LogP contribution is 2.28. The molecule has 0 amide bonds. The molecule has 1 atom stereocenters. The van der Waals surface area contributed by atoms with Crippen LogP contribution < -0.4 is 0 Å². The van der Waals surface area contributed by atoms with Gasteiger partial charge in [0.25, 0.3) is 0 Å². The Balaban J connectivity index is 3.13. The van der Waals surface area contributed by atoms with Crippen LogP contribution in [0.5, 0.6) is 11.5 Å². The maximum atomic E-state index is 10.5. The molecule has 0 saturated carbocycles. The van der Waals surface area contributed by atoms with Gasteiger partial charge in [-0.05, 0) is 6.07 Å². The second-order valence-corrected chi connectivity index (χ2v) is 2.64. The molecular formula is C10H10O3. The van der Waals surface area contributed by atoms with Crippen molar-refractivity contribution in [3.63, 3.8) is 0 Å². The van der Waals surface area contributed by atoms with Gasteiger partial charge in [-0.2, -0.15) is 0 Å². The van der Waals surface area contributed by atoms with E-state index < -0.39 is 5.92 Å². The minimum absolute atomic E-state index is 0.0324. The van der Waals surface area contributed by atoms with Gasteiger partial charge < -0.3 is 15.0 Å². The Morgan fingerprint density at radius 3 is 2.54 bits per heavy atom. The zero-order chi connectivity index (χ0) is 9.84. The number of aromatic hydroxyl groups is 2. The number of allylic oxidation sites excluding steroid dienone is 1. The largest absolute Gasteiger partial charge is 0.508 e. The SMILES string of the molecule is C=CC(C=O)c1ccc(O)cc1O. The molecule has 0 saturated heterocycles. The van der Waals surface area contributed by atoms with Crippen molar-refractivity contribution in [3.05, 3.63) is 36.4 Å². The molecule has 3 nitrogen and oxygen atoms in total. The average Bonchev–Trinajstić information content (AvgIpc) is 2.10. The summed E-state index contributed by atoms with van der Waals surface area (Å²) in [6, 6.07) is 4.09. The third kappa shape index (κ3) is 1.87. The molecule has 68 valence electrons. The molecule has 2 N–H and O–H groups in total. The quantitative estimate of drug-likeness (QED) is 0.545. The van der Waals surface area contributed by atoms with E-state index in [9.17, 15) is 9.90 Å². The first-order chi connectivity index (χ1) is 6.19. The number of phenolic OH excluding ortho intramolecular Hbond substituents is 2. The molecule has 3 heteroatoms. The number of hydrogen-bond acceptors (Lipinski definition) is 3. The first kappa shape index (κ1) is 9.32. The van der Waals surface area contributed by atoms with Crippen LogP contribution in [0, 0.1) is 0 Å². The molecule has 1 aromatic rings. The monoisotopic (exact) mass is 178 g/mol. The van der Waals surface area contributed by atoms with Crippen molar-refractivity contribution in [2.24, 2.45) is 0 Å². The summed E-state index contributed by atoms with van der Waals surface area (Å²) in [6.45, 7) is 3.47. The summed E-state index contributed by atoms with van der Waals surface area (Å²) in [5.41, 5.74) is 0.447. The first-order valence-corrected chi connectivity index (χ1v) is 3.78. The summed E-state index contributed by atoms with van der Waals surface area (Å²) in [6.07, 6.45) is 2.11. The van der Waals surface area contributed by atoms with Gasteiger partial charge in [-0.3, -0.25) is 0 Å². The number of hydrogen-bond donors (Lipinski definition) is 2. The summed E-state index contributed by atoms with van der Waals surface area (Å²) in [4.78, 5) is 10.5. The fourth-order valence-corrected chi connectivity index (χ4v) is 1.07. The van der Waals surface area contributed by atoms with E-state index in [-0.39, 0.29) is 11.5 Å². The lowest BCUT2D eigenvalue weighted by atomic mass is 10.00.